The number of nitrogens with zero attached hydrogens (tertiary/aromatic N) is 1. The van der Waals surface area contributed by atoms with Gasteiger partial charge in [-0.15, -0.1) is 11.3 Å². The number of hydrogen-bond donors (Lipinski definition) is 0. The highest BCUT2D eigenvalue weighted by Crippen LogP contribution is 2.35. The predicted octanol–water partition coefficient (Wildman–Crippen LogP) is 1.35. The Kier molecular flexibility index (Phi) is 1.84. The topological polar surface area (TPSA) is 39.2 Å². The van der Waals surface area contributed by atoms with E-state index < -0.39 is 0 Å². The zero-order chi connectivity index (χ0) is 8.55. The van der Waals surface area contributed by atoms with E-state index >= 15 is 0 Å². The average molecular weight is 183 g/mol. The third kappa shape index (κ3) is 1.03. The van der Waals surface area contributed by atoms with Crippen LogP contribution in [0.25, 0.3) is 0 Å². The Hall–Kier alpha value is -0.900. The highest BCUT2D eigenvalue weighted by molar-refractivity contribution is 7.10. The van der Waals surface area contributed by atoms with Crippen molar-refractivity contribution in [3.05, 3.63) is 16.1 Å². The van der Waals surface area contributed by atoms with Gasteiger partial charge in [0.15, 0.2) is 0 Å². The minimum Gasteiger partial charge on any atom is -0.469 e. The second-order valence-electron chi connectivity index (χ2n) is 2.78. The number of aromatic nitrogens is 1. The molecular weight excluding hydrogens is 174 g/mol. The summed E-state index contributed by atoms with van der Waals surface area (Å²) >= 11 is 1.55. The van der Waals surface area contributed by atoms with Crippen molar-refractivity contribution in [3.63, 3.8) is 0 Å². The summed E-state index contributed by atoms with van der Waals surface area (Å²) in [6, 6.07) is 0. The molecule has 0 radical (unpaired) electrons. The Balaban J connectivity index is 2.28. The van der Waals surface area contributed by atoms with Crippen LogP contribution in [-0.4, -0.2) is 18.1 Å². The number of rotatable bonds is 1. The van der Waals surface area contributed by atoms with Crippen molar-refractivity contribution in [2.24, 2.45) is 0 Å². The highest BCUT2D eigenvalue weighted by atomic mass is 32.1. The number of thiazole rings is 1. The molecule has 1 atom stereocenters. The van der Waals surface area contributed by atoms with Crippen molar-refractivity contribution in [2.75, 3.05) is 7.11 Å². The molecule has 1 aromatic rings. The highest BCUT2D eigenvalue weighted by Gasteiger charge is 2.31. The lowest BCUT2D eigenvalue weighted by atomic mass is 10.1. The summed E-state index contributed by atoms with van der Waals surface area (Å²) in [7, 11) is 1.43. The van der Waals surface area contributed by atoms with Crippen molar-refractivity contribution in [1.82, 2.24) is 4.98 Å². The van der Waals surface area contributed by atoms with E-state index in [0.717, 1.165) is 23.4 Å². The molecule has 1 unspecified atom stereocenters. The van der Waals surface area contributed by atoms with Crippen molar-refractivity contribution in [2.45, 2.75) is 18.8 Å². The van der Waals surface area contributed by atoms with Crippen molar-refractivity contribution in [3.8, 4) is 0 Å². The van der Waals surface area contributed by atoms with E-state index in [1.807, 2.05) is 0 Å². The van der Waals surface area contributed by atoms with E-state index in [2.05, 4.69) is 4.98 Å². The normalized spacial score (nSPS) is 20.6. The quantitative estimate of drug-likeness (QED) is 0.617. The second kappa shape index (κ2) is 2.86. The van der Waals surface area contributed by atoms with Gasteiger partial charge in [-0.2, -0.15) is 0 Å². The fourth-order valence-corrected chi connectivity index (χ4v) is 2.49. The van der Waals surface area contributed by atoms with E-state index in [4.69, 9.17) is 4.74 Å². The number of carbonyl (C=O) groups excluding carboxylic acids is 1. The third-order valence-corrected chi connectivity index (χ3v) is 3.13. The first-order valence-electron chi connectivity index (χ1n) is 3.83. The second-order valence-corrected chi connectivity index (χ2v) is 3.66. The van der Waals surface area contributed by atoms with Gasteiger partial charge in [-0.05, 0) is 12.8 Å². The van der Waals surface area contributed by atoms with Crippen LogP contribution in [0.15, 0.2) is 5.51 Å². The van der Waals surface area contributed by atoms with Crippen molar-refractivity contribution in [1.29, 1.82) is 0 Å². The Bertz CT molecular complexity index is 308. The van der Waals surface area contributed by atoms with Gasteiger partial charge in [0.05, 0.1) is 24.2 Å². The van der Waals surface area contributed by atoms with Gasteiger partial charge in [-0.25, -0.2) is 4.98 Å². The van der Waals surface area contributed by atoms with Crippen LogP contribution in [0, 0.1) is 0 Å². The van der Waals surface area contributed by atoms with E-state index in [1.54, 1.807) is 16.8 Å². The number of methoxy groups -OCH3 is 1. The van der Waals surface area contributed by atoms with Gasteiger partial charge in [0.2, 0.25) is 0 Å². The first-order chi connectivity index (χ1) is 5.83. The van der Waals surface area contributed by atoms with Gasteiger partial charge < -0.3 is 4.74 Å². The average Bonchev–Trinajstić information content (AvgIpc) is 2.62. The first kappa shape index (κ1) is 7.73. The molecule has 0 fully saturated rings. The lowest BCUT2D eigenvalue weighted by Crippen LogP contribution is -2.10. The SMILES string of the molecule is COC(=O)C1CCc2ncsc21. The van der Waals surface area contributed by atoms with Crippen molar-refractivity contribution < 1.29 is 9.53 Å². The van der Waals surface area contributed by atoms with Gasteiger partial charge in [0, 0.05) is 4.88 Å². The predicted molar refractivity (Wildman–Crippen MR) is 45.2 cm³/mol. The Morgan fingerprint density at radius 3 is 3.42 bits per heavy atom. The first-order valence-corrected chi connectivity index (χ1v) is 4.71. The van der Waals surface area contributed by atoms with Gasteiger partial charge >= 0.3 is 5.97 Å². The van der Waals surface area contributed by atoms with Crippen LogP contribution in [-0.2, 0) is 16.0 Å². The molecule has 4 heteroatoms. The van der Waals surface area contributed by atoms with Gasteiger partial charge in [0.25, 0.3) is 0 Å². The number of ether oxygens (including phenoxy) is 1. The van der Waals surface area contributed by atoms with E-state index in [9.17, 15) is 4.79 Å². The number of aryl methyl sites for hydroxylation is 1. The summed E-state index contributed by atoms with van der Waals surface area (Å²) in [6.07, 6.45) is 1.78. The number of fused-ring (bicyclic) bond motifs is 1. The fraction of sp³-hybridized carbons (Fsp3) is 0.500. The van der Waals surface area contributed by atoms with Crippen LogP contribution in [0.2, 0.25) is 0 Å². The molecule has 1 heterocycles. The van der Waals surface area contributed by atoms with Crippen LogP contribution in [0.1, 0.15) is 22.9 Å². The van der Waals surface area contributed by atoms with E-state index in [1.165, 1.54) is 7.11 Å². The molecule has 0 bridgehead atoms. The molecule has 0 N–H and O–H groups in total. The molecule has 0 aromatic carbocycles. The van der Waals surface area contributed by atoms with Crippen molar-refractivity contribution >= 4 is 17.3 Å². The summed E-state index contributed by atoms with van der Waals surface area (Å²) in [5, 5.41) is 0. The molecule has 64 valence electrons. The molecule has 0 spiro atoms. The van der Waals surface area contributed by atoms with Crippen LogP contribution in [0.5, 0.6) is 0 Å². The minimum absolute atomic E-state index is 0.0440. The maximum absolute atomic E-state index is 11.2. The van der Waals surface area contributed by atoms with Crippen LogP contribution < -0.4 is 0 Å². The molecule has 1 aliphatic carbocycles. The molecule has 2 rings (SSSR count). The van der Waals surface area contributed by atoms with Crippen LogP contribution in [0.3, 0.4) is 0 Å². The maximum atomic E-state index is 11.2. The third-order valence-electron chi connectivity index (χ3n) is 2.14. The summed E-state index contributed by atoms with van der Waals surface area (Å²) < 4.78 is 4.70. The van der Waals surface area contributed by atoms with E-state index in [-0.39, 0.29) is 11.9 Å². The molecule has 0 amide bonds. The summed E-state index contributed by atoms with van der Waals surface area (Å²) in [5.74, 6) is -0.171. The van der Waals surface area contributed by atoms with Gasteiger partial charge in [0.1, 0.15) is 0 Å². The molecule has 1 aromatic heterocycles. The van der Waals surface area contributed by atoms with Gasteiger partial charge in [-0.1, -0.05) is 0 Å². The summed E-state index contributed by atoms with van der Waals surface area (Å²) in [4.78, 5) is 16.5. The molecule has 0 aliphatic heterocycles. The lowest BCUT2D eigenvalue weighted by molar-refractivity contribution is -0.142. The Morgan fingerprint density at radius 2 is 2.67 bits per heavy atom. The monoisotopic (exact) mass is 183 g/mol. The minimum atomic E-state index is -0.127. The number of hydrogen-bond acceptors (Lipinski definition) is 4. The Labute approximate surface area is 74.4 Å². The van der Waals surface area contributed by atoms with E-state index in [0.29, 0.717) is 0 Å². The largest absolute Gasteiger partial charge is 0.469 e. The lowest BCUT2D eigenvalue weighted by Gasteiger charge is -2.04. The zero-order valence-corrected chi connectivity index (χ0v) is 7.56. The maximum Gasteiger partial charge on any atom is 0.314 e. The van der Waals surface area contributed by atoms with Crippen LogP contribution in [0.4, 0.5) is 0 Å². The zero-order valence-electron chi connectivity index (χ0n) is 6.74. The standard InChI is InChI=1S/C8H9NO2S/c1-11-8(10)5-2-3-6-7(5)12-4-9-6/h4-5H,2-3H2,1H3. The molecule has 3 nitrogen and oxygen atoms in total. The van der Waals surface area contributed by atoms with Crippen LogP contribution >= 0.6 is 11.3 Å². The summed E-state index contributed by atoms with van der Waals surface area (Å²) in [5.41, 5.74) is 2.87. The molecule has 0 saturated heterocycles. The number of carbonyl (C=O) groups is 1. The number of esters is 1. The molecule has 0 saturated carbocycles. The molecular formula is C8H9NO2S. The summed E-state index contributed by atoms with van der Waals surface area (Å²) in [6.45, 7) is 0. The fourth-order valence-electron chi connectivity index (χ4n) is 1.53. The molecule has 12 heavy (non-hydrogen) atoms. The van der Waals surface area contributed by atoms with Gasteiger partial charge in [-0.3, -0.25) is 4.79 Å². The smallest absolute Gasteiger partial charge is 0.314 e. The molecule has 1 aliphatic rings. The Morgan fingerprint density at radius 1 is 1.83 bits per heavy atom.